The first-order valence-corrected chi connectivity index (χ1v) is 10.3. The molecule has 0 bridgehead atoms. The second kappa shape index (κ2) is 11.5. The average molecular weight is 442 g/mol. The molecule has 3 rings (SSSR count). The first-order valence-electron chi connectivity index (χ1n) is 10.3. The Balaban J connectivity index is 2.14. The van der Waals surface area contributed by atoms with E-state index in [0.29, 0.717) is 35.5 Å². The van der Waals surface area contributed by atoms with E-state index in [1.165, 1.54) is 12.1 Å². The highest BCUT2D eigenvalue weighted by molar-refractivity contribution is 5.98. The Labute approximate surface area is 186 Å². The molecule has 0 aliphatic carbocycles. The van der Waals surface area contributed by atoms with E-state index in [0.717, 1.165) is 11.1 Å². The van der Waals surface area contributed by atoms with Crippen molar-refractivity contribution in [1.29, 1.82) is 0 Å². The van der Waals surface area contributed by atoms with Gasteiger partial charge in [-0.15, -0.1) is 0 Å². The van der Waals surface area contributed by atoms with Crippen LogP contribution in [-0.4, -0.2) is 43.4 Å². The van der Waals surface area contributed by atoms with Crippen molar-refractivity contribution in [3.63, 3.8) is 0 Å². The van der Waals surface area contributed by atoms with E-state index in [9.17, 15) is 9.18 Å². The molecule has 0 fully saturated rings. The summed E-state index contributed by atoms with van der Waals surface area (Å²) in [6.45, 7) is 2.75. The molecule has 0 spiro atoms. The van der Waals surface area contributed by atoms with Crippen LogP contribution in [0.5, 0.6) is 0 Å². The molecule has 0 aliphatic rings. The van der Waals surface area contributed by atoms with Crippen molar-refractivity contribution >= 4 is 5.97 Å². The maximum absolute atomic E-state index is 13.4. The van der Waals surface area contributed by atoms with Crippen molar-refractivity contribution in [2.24, 2.45) is 0 Å². The highest BCUT2D eigenvalue weighted by Crippen LogP contribution is 2.33. The normalized spacial score (nSPS) is 11.0. The van der Waals surface area contributed by atoms with Crippen LogP contribution >= 0.6 is 0 Å². The van der Waals surface area contributed by atoms with Gasteiger partial charge in [0.15, 0.2) is 0 Å². The predicted octanol–water partition coefficient (Wildman–Crippen LogP) is 4.65. The van der Waals surface area contributed by atoms with Crippen LogP contribution in [0.25, 0.3) is 22.5 Å². The molecule has 1 heterocycles. The number of benzene rings is 2. The Morgan fingerprint density at radius 2 is 1.88 bits per heavy atom. The van der Waals surface area contributed by atoms with Gasteiger partial charge in [-0.25, -0.2) is 13.9 Å². The molecule has 0 atom stereocenters. The zero-order chi connectivity index (χ0) is 22.9. The summed E-state index contributed by atoms with van der Waals surface area (Å²) >= 11 is 0. The highest BCUT2D eigenvalue weighted by atomic mass is 19.1. The van der Waals surface area contributed by atoms with Gasteiger partial charge in [0.05, 0.1) is 30.2 Å². The summed E-state index contributed by atoms with van der Waals surface area (Å²) in [4.78, 5) is 12.9. The third-order valence-corrected chi connectivity index (χ3v) is 4.69. The lowest BCUT2D eigenvalue weighted by Gasteiger charge is -2.16. The Morgan fingerprint density at radius 1 is 1.09 bits per heavy atom. The lowest BCUT2D eigenvalue weighted by Crippen LogP contribution is -2.12. The Kier molecular flexibility index (Phi) is 8.49. The molecule has 0 unspecified atom stereocenters. The first-order chi connectivity index (χ1) is 15.6. The van der Waals surface area contributed by atoms with Gasteiger partial charge < -0.3 is 18.9 Å². The van der Waals surface area contributed by atoms with E-state index in [2.05, 4.69) is 5.10 Å². The minimum Gasteiger partial charge on any atom is -0.462 e. The van der Waals surface area contributed by atoms with Gasteiger partial charge in [0.2, 0.25) is 0 Å². The Bertz CT molecular complexity index is 1030. The lowest BCUT2D eigenvalue weighted by atomic mass is 9.97. The fourth-order valence-corrected chi connectivity index (χ4v) is 3.30. The molecule has 0 N–H and O–H groups in total. The molecule has 0 amide bonds. The van der Waals surface area contributed by atoms with Crippen molar-refractivity contribution in [2.45, 2.75) is 26.7 Å². The molecule has 7 nitrogen and oxygen atoms in total. The van der Waals surface area contributed by atoms with Gasteiger partial charge in [-0.1, -0.05) is 19.1 Å². The van der Waals surface area contributed by atoms with Gasteiger partial charge in [0.25, 0.3) is 0 Å². The van der Waals surface area contributed by atoms with E-state index >= 15 is 0 Å². The summed E-state index contributed by atoms with van der Waals surface area (Å²) in [7, 11) is 3.11. The number of methoxy groups -OCH3 is 2. The van der Waals surface area contributed by atoms with Crippen LogP contribution < -0.4 is 0 Å². The second-order valence-corrected chi connectivity index (χ2v) is 7.07. The quantitative estimate of drug-likeness (QED) is 0.245. The predicted molar refractivity (Wildman–Crippen MR) is 117 cm³/mol. The molecule has 1 aromatic heterocycles. The summed E-state index contributed by atoms with van der Waals surface area (Å²) in [6.07, 6.45) is 0.716. The zero-order valence-electron chi connectivity index (χ0n) is 18.5. The van der Waals surface area contributed by atoms with Gasteiger partial charge >= 0.3 is 5.97 Å². The molecular weight excluding hydrogens is 415 g/mol. The summed E-state index contributed by atoms with van der Waals surface area (Å²) in [6, 6.07) is 13.3. The second-order valence-electron chi connectivity index (χ2n) is 7.07. The minimum atomic E-state index is -0.427. The van der Waals surface area contributed by atoms with E-state index in [1.54, 1.807) is 43.2 Å². The topological polar surface area (TPSA) is 71.8 Å². The van der Waals surface area contributed by atoms with Crippen molar-refractivity contribution in [1.82, 2.24) is 9.78 Å². The summed E-state index contributed by atoms with van der Waals surface area (Å²) < 4.78 is 36.4. The molecule has 32 heavy (non-hydrogen) atoms. The third-order valence-electron chi connectivity index (χ3n) is 4.69. The van der Waals surface area contributed by atoms with E-state index in [4.69, 9.17) is 18.9 Å². The van der Waals surface area contributed by atoms with E-state index < -0.39 is 5.97 Å². The van der Waals surface area contributed by atoms with Crippen molar-refractivity contribution in [3.8, 4) is 22.5 Å². The molecular formula is C24H27FN2O5. The Hall–Kier alpha value is -3.07. The Morgan fingerprint density at radius 3 is 2.56 bits per heavy atom. The number of carbonyl (C=O) groups is 1. The number of hydrogen-bond donors (Lipinski definition) is 0. The SMILES string of the molecule is CCCOC(=O)c1cccc(COCOC)c1-c1cc(-c2ccc(F)cc2)nn1COC. The maximum atomic E-state index is 13.4. The van der Waals surface area contributed by atoms with Crippen molar-refractivity contribution < 1.29 is 28.1 Å². The van der Waals surface area contributed by atoms with Gasteiger partial charge in [0, 0.05) is 25.3 Å². The summed E-state index contributed by atoms with van der Waals surface area (Å²) in [5, 5.41) is 4.63. The van der Waals surface area contributed by atoms with Crippen LogP contribution in [0.1, 0.15) is 29.3 Å². The van der Waals surface area contributed by atoms with Crippen molar-refractivity contribution in [3.05, 3.63) is 65.5 Å². The number of carbonyl (C=O) groups excluding carboxylic acids is 1. The summed E-state index contributed by atoms with van der Waals surface area (Å²) in [5.41, 5.74) is 3.84. The van der Waals surface area contributed by atoms with Crippen LogP contribution in [0.3, 0.4) is 0 Å². The van der Waals surface area contributed by atoms with Gasteiger partial charge in [-0.3, -0.25) is 0 Å². The molecule has 3 aromatic rings. The largest absolute Gasteiger partial charge is 0.462 e. The molecule has 0 radical (unpaired) electrons. The fraction of sp³-hybridized carbons (Fsp3) is 0.333. The summed E-state index contributed by atoms with van der Waals surface area (Å²) in [5.74, 6) is -0.754. The first kappa shape index (κ1) is 23.6. The monoisotopic (exact) mass is 442 g/mol. The number of aromatic nitrogens is 2. The zero-order valence-corrected chi connectivity index (χ0v) is 18.5. The average Bonchev–Trinajstić information content (AvgIpc) is 3.21. The molecule has 8 heteroatoms. The number of hydrogen-bond acceptors (Lipinski definition) is 6. The smallest absolute Gasteiger partial charge is 0.338 e. The number of rotatable bonds is 11. The van der Waals surface area contributed by atoms with Gasteiger partial charge in [0.1, 0.15) is 19.3 Å². The van der Waals surface area contributed by atoms with Crippen LogP contribution in [0.15, 0.2) is 48.5 Å². The van der Waals surface area contributed by atoms with Crippen LogP contribution in [0, 0.1) is 5.82 Å². The maximum Gasteiger partial charge on any atom is 0.338 e. The number of halogens is 1. The molecule has 0 saturated heterocycles. The van der Waals surface area contributed by atoms with Gasteiger partial charge in [-0.2, -0.15) is 5.10 Å². The number of nitrogens with zero attached hydrogens (tertiary/aromatic N) is 2. The van der Waals surface area contributed by atoms with Crippen LogP contribution in [-0.2, 0) is 32.3 Å². The third kappa shape index (κ3) is 5.59. The molecule has 0 aliphatic heterocycles. The lowest BCUT2D eigenvalue weighted by molar-refractivity contribution is -0.0389. The van der Waals surface area contributed by atoms with Gasteiger partial charge in [-0.05, 0) is 48.4 Å². The standard InChI is InChI=1S/C24H27FN2O5/c1-4-12-32-24(28)20-7-5-6-18(14-31-16-30-3)23(20)22-13-21(26-27(22)15-29-2)17-8-10-19(25)11-9-17/h5-11,13H,4,12,14-16H2,1-3H3. The van der Waals surface area contributed by atoms with Crippen LogP contribution in [0.2, 0.25) is 0 Å². The highest BCUT2D eigenvalue weighted by Gasteiger charge is 2.22. The molecule has 170 valence electrons. The minimum absolute atomic E-state index is 0.113. The van der Waals surface area contributed by atoms with E-state index in [-0.39, 0.29) is 25.9 Å². The fourth-order valence-electron chi connectivity index (χ4n) is 3.30. The number of esters is 1. The van der Waals surface area contributed by atoms with E-state index in [1.807, 2.05) is 19.1 Å². The number of ether oxygens (including phenoxy) is 4. The van der Waals surface area contributed by atoms with Crippen molar-refractivity contribution in [2.75, 3.05) is 27.6 Å². The molecule has 2 aromatic carbocycles. The molecule has 0 saturated carbocycles. The van der Waals surface area contributed by atoms with Crippen LogP contribution in [0.4, 0.5) is 4.39 Å².